The Hall–Kier alpha value is -0.190. The summed E-state index contributed by atoms with van der Waals surface area (Å²) in [6, 6.07) is 0. The zero-order valence-electron chi connectivity index (χ0n) is 7.36. The fourth-order valence-corrected chi connectivity index (χ4v) is 2.42. The molecular formula is C8H11ClN2OS. The van der Waals surface area contributed by atoms with E-state index in [1.807, 2.05) is 0 Å². The molecule has 0 bridgehead atoms. The number of halogens is 1. The van der Waals surface area contributed by atoms with Crippen molar-refractivity contribution < 1.29 is 4.74 Å². The lowest BCUT2D eigenvalue weighted by atomic mass is 10.2. The van der Waals surface area contributed by atoms with Gasteiger partial charge >= 0.3 is 0 Å². The van der Waals surface area contributed by atoms with Gasteiger partial charge in [-0.05, 0) is 19.8 Å². The smallest absolute Gasteiger partial charge is 0.146 e. The topological polar surface area (TPSA) is 35.0 Å². The lowest BCUT2D eigenvalue weighted by molar-refractivity contribution is 0.0550. The zero-order valence-corrected chi connectivity index (χ0v) is 8.94. The van der Waals surface area contributed by atoms with Gasteiger partial charge in [0, 0.05) is 0 Å². The summed E-state index contributed by atoms with van der Waals surface area (Å²) in [5.74, 6) is 0.444. The monoisotopic (exact) mass is 218 g/mol. The van der Waals surface area contributed by atoms with Crippen molar-refractivity contribution >= 4 is 22.9 Å². The van der Waals surface area contributed by atoms with Crippen LogP contribution in [0.25, 0.3) is 0 Å². The number of alkyl halides is 1. The molecule has 2 atom stereocenters. The number of nitrogens with zero attached hydrogens (tertiary/aromatic N) is 2. The molecule has 2 unspecified atom stereocenters. The first-order chi connectivity index (χ1) is 6.29. The van der Waals surface area contributed by atoms with E-state index in [0.29, 0.717) is 12.0 Å². The average molecular weight is 219 g/mol. The van der Waals surface area contributed by atoms with Crippen LogP contribution in [-0.4, -0.2) is 16.3 Å². The Balaban J connectivity index is 2.08. The van der Waals surface area contributed by atoms with Crippen molar-refractivity contribution in [2.75, 3.05) is 0 Å². The van der Waals surface area contributed by atoms with Gasteiger partial charge in [-0.15, -0.1) is 21.8 Å². The fourth-order valence-electron chi connectivity index (χ4n) is 1.43. The van der Waals surface area contributed by atoms with Gasteiger partial charge in [0.2, 0.25) is 0 Å². The van der Waals surface area contributed by atoms with Gasteiger partial charge in [0.25, 0.3) is 0 Å². The van der Waals surface area contributed by atoms with E-state index in [1.165, 1.54) is 0 Å². The second-order valence-corrected chi connectivity index (χ2v) is 4.54. The molecule has 5 heteroatoms. The minimum atomic E-state index is 0.157. The molecule has 0 saturated carbocycles. The van der Waals surface area contributed by atoms with Crippen LogP contribution in [0.5, 0.6) is 0 Å². The van der Waals surface area contributed by atoms with Crippen molar-refractivity contribution in [3.8, 4) is 0 Å². The number of rotatable bonds is 2. The molecule has 3 nitrogen and oxygen atoms in total. The van der Waals surface area contributed by atoms with Gasteiger partial charge in [0.05, 0.1) is 12.0 Å². The van der Waals surface area contributed by atoms with Crippen LogP contribution in [0, 0.1) is 0 Å². The van der Waals surface area contributed by atoms with Gasteiger partial charge in [-0.25, -0.2) is 0 Å². The molecule has 1 aliphatic rings. The van der Waals surface area contributed by atoms with Crippen molar-refractivity contribution in [2.24, 2.45) is 0 Å². The highest BCUT2D eigenvalue weighted by molar-refractivity contribution is 7.11. The normalized spacial score (nSPS) is 28.2. The lowest BCUT2D eigenvalue weighted by Crippen LogP contribution is -2.00. The molecule has 72 valence electrons. The van der Waals surface area contributed by atoms with E-state index >= 15 is 0 Å². The van der Waals surface area contributed by atoms with Gasteiger partial charge in [0.15, 0.2) is 0 Å². The SMILES string of the molecule is CC1CCC(c2nnc(CCl)s2)O1. The van der Waals surface area contributed by atoms with E-state index < -0.39 is 0 Å². The van der Waals surface area contributed by atoms with Crippen LogP contribution >= 0.6 is 22.9 Å². The van der Waals surface area contributed by atoms with Gasteiger partial charge < -0.3 is 4.74 Å². The van der Waals surface area contributed by atoms with E-state index in [-0.39, 0.29) is 6.10 Å². The lowest BCUT2D eigenvalue weighted by Gasteiger charge is -2.05. The summed E-state index contributed by atoms with van der Waals surface area (Å²) in [4.78, 5) is 0. The van der Waals surface area contributed by atoms with Crippen LogP contribution in [-0.2, 0) is 10.6 Å². The Labute approximate surface area is 86.1 Å². The van der Waals surface area contributed by atoms with Crippen molar-refractivity contribution in [2.45, 2.75) is 37.9 Å². The first-order valence-corrected chi connectivity index (χ1v) is 5.68. The van der Waals surface area contributed by atoms with E-state index in [2.05, 4.69) is 17.1 Å². The van der Waals surface area contributed by atoms with Crippen molar-refractivity contribution in [3.63, 3.8) is 0 Å². The molecule has 1 aromatic rings. The maximum atomic E-state index is 5.67. The van der Waals surface area contributed by atoms with Crippen LogP contribution < -0.4 is 0 Å². The summed E-state index contributed by atoms with van der Waals surface area (Å²) >= 11 is 7.20. The first-order valence-electron chi connectivity index (χ1n) is 4.33. The summed E-state index contributed by atoms with van der Waals surface area (Å²) in [5, 5.41) is 9.87. The Bertz CT molecular complexity index is 291. The summed E-state index contributed by atoms with van der Waals surface area (Å²) in [6.07, 6.45) is 2.68. The Morgan fingerprint density at radius 1 is 1.54 bits per heavy atom. The summed E-state index contributed by atoms with van der Waals surface area (Å²) in [5.41, 5.74) is 0. The van der Waals surface area contributed by atoms with E-state index in [4.69, 9.17) is 16.3 Å². The molecule has 0 spiro atoms. The number of hydrogen-bond donors (Lipinski definition) is 0. The maximum Gasteiger partial charge on any atom is 0.146 e. The second-order valence-electron chi connectivity index (χ2n) is 3.18. The molecule has 1 aliphatic heterocycles. The van der Waals surface area contributed by atoms with Crippen LogP contribution in [0.3, 0.4) is 0 Å². The molecule has 1 saturated heterocycles. The highest BCUT2D eigenvalue weighted by Crippen LogP contribution is 2.33. The average Bonchev–Trinajstić information content (AvgIpc) is 2.71. The van der Waals surface area contributed by atoms with E-state index in [9.17, 15) is 0 Å². The van der Waals surface area contributed by atoms with Crippen LogP contribution in [0.2, 0.25) is 0 Å². The van der Waals surface area contributed by atoms with Crippen LogP contribution in [0.15, 0.2) is 0 Å². The number of ether oxygens (including phenoxy) is 1. The van der Waals surface area contributed by atoms with Crippen molar-refractivity contribution in [1.29, 1.82) is 0 Å². The maximum absolute atomic E-state index is 5.67. The Morgan fingerprint density at radius 2 is 2.38 bits per heavy atom. The Morgan fingerprint density at radius 3 is 2.92 bits per heavy atom. The van der Waals surface area contributed by atoms with Crippen LogP contribution in [0.1, 0.15) is 35.9 Å². The quantitative estimate of drug-likeness (QED) is 0.716. The van der Waals surface area contributed by atoms with E-state index in [0.717, 1.165) is 22.9 Å². The molecule has 13 heavy (non-hydrogen) atoms. The third-order valence-corrected chi connectivity index (χ3v) is 3.53. The third-order valence-electron chi connectivity index (χ3n) is 2.10. The first kappa shape index (κ1) is 9.37. The standard InChI is InChI=1S/C8H11ClN2OS/c1-5-2-3-6(12-5)8-11-10-7(4-9)13-8/h5-6H,2-4H2,1H3. The highest BCUT2D eigenvalue weighted by atomic mass is 35.5. The van der Waals surface area contributed by atoms with Gasteiger partial charge in [-0.1, -0.05) is 11.3 Å². The summed E-state index contributed by atoms with van der Waals surface area (Å²) in [6.45, 7) is 2.09. The molecule has 0 aliphatic carbocycles. The predicted octanol–water partition coefficient (Wildman–Crippen LogP) is 2.52. The van der Waals surface area contributed by atoms with E-state index in [1.54, 1.807) is 11.3 Å². The molecule has 2 rings (SSSR count). The van der Waals surface area contributed by atoms with Gasteiger partial charge in [-0.2, -0.15) is 0 Å². The predicted molar refractivity (Wildman–Crippen MR) is 52.0 cm³/mol. The number of aromatic nitrogens is 2. The zero-order chi connectivity index (χ0) is 9.26. The van der Waals surface area contributed by atoms with Crippen molar-refractivity contribution in [3.05, 3.63) is 10.0 Å². The molecule has 1 fully saturated rings. The fraction of sp³-hybridized carbons (Fsp3) is 0.750. The minimum Gasteiger partial charge on any atom is -0.368 e. The second kappa shape index (κ2) is 3.90. The van der Waals surface area contributed by atoms with Gasteiger partial charge in [0.1, 0.15) is 16.1 Å². The third kappa shape index (κ3) is 2.00. The number of hydrogen-bond acceptors (Lipinski definition) is 4. The molecule has 2 heterocycles. The summed E-state index contributed by atoms with van der Waals surface area (Å²) in [7, 11) is 0. The van der Waals surface area contributed by atoms with Crippen LogP contribution in [0.4, 0.5) is 0 Å². The molecule has 0 aromatic carbocycles. The molecule has 1 aromatic heterocycles. The highest BCUT2D eigenvalue weighted by Gasteiger charge is 2.26. The van der Waals surface area contributed by atoms with Crippen molar-refractivity contribution in [1.82, 2.24) is 10.2 Å². The molecule has 0 amide bonds. The Kier molecular flexibility index (Phi) is 2.81. The molecule has 0 N–H and O–H groups in total. The van der Waals surface area contributed by atoms with Gasteiger partial charge in [-0.3, -0.25) is 0 Å². The minimum absolute atomic E-state index is 0.157. The molecule has 0 radical (unpaired) electrons. The molecular weight excluding hydrogens is 208 g/mol. The summed E-state index contributed by atoms with van der Waals surface area (Å²) < 4.78 is 5.67. The largest absolute Gasteiger partial charge is 0.368 e.